The predicted octanol–water partition coefficient (Wildman–Crippen LogP) is 7.16. The number of para-hydroxylation sites is 3. The number of anilines is 3. The fraction of sp³-hybridized carbons (Fsp3) is 0.0526. The predicted molar refractivity (Wildman–Crippen MR) is 168 cm³/mol. The van der Waals surface area contributed by atoms with Crippen LogP contribution in [-0.4, -0.2) is 29.8 Å². The number of Topliss-reactive ketones (excluding diaryl/α,β-unsaturated/α-hetero) is 1. The van der Waals surface area contributed by atoms with Crippen molar-refractivity contribution in [1.29, 1.82) is 0 Å². The second kappa shape index (κ2) is 8.60. The van der Waals surface area contributed by atoms with E-state index in [1.165, 1.54) is 51.9 Å². The van der Waals surface area contributed by atoms with Crippen molar-refractivity contribution < 1.29 is 4.79 Å². The van der Waals surface area contributed by atoms with Gasteiger partial charge >= 0.3 is 250 Å². The van der Waals surface area contributed by atoms with E-state index in [1.54, 1.807) is 0 Å². The van der Waals surface area contributed by atoms with Crippen LogP contribution < -0.4 is 8.51 Å². The third-order valence-electron chi connectivity index (χ3n) is 9.02. The summed E-state index contributed by atoms with van der Waals surface area (Å²) in [5, 5.41) is 0. The molecular weight excluding hydrogens is 614 g/mol. The fourth-order valence-electron chi connectivity index (χ4n) is 7.42. The molecule has 5 aromatic carbocycles. The summed E-state index contributed by atoms with van der Waals surface area (Å²) >= 11 is -0.640. The second-order valence-electron chi connectivity index (χ2n) is 11.0. The van der Waals surface area contributed by atoms with Gasteiger partial charge in [-0.1, -0.05) is 0 Å². The zero-order valence-electron chi connectivity index (χ0n) is 22.1. The van der Waals surface area contributed by atoms with E-state index in [-0.39, 0.29) is 11.7 Å². The van der Waals surface area contributed by atoms with Crippen LogP contribution in [0.1, 0.15) is 32.6 Å². The molecule has 0 fully saturated rings. The summed E-state index contributed by atoms with van der Waals surface area (Å²) in [7, 11) is 0. The van der Waals surface area contributed by atoms with Gasteiger partial charge in [-0.2, -0.15) is 0 Å². The fourth-order valence-corrected chi connectivity index (χ4v) is 10.7. The molecule has 1 radical (unpaired) electrons. The average Bonchev–Trinajstić information content (AvgIpc) is 3.31. The van der Waals surface area contributed by atoms with Crippen LogP contribution in [0, 0.1) is 5.92 Å². The van der Waals surface area contributed by atoms with E-state index in [0.29, 0.717) is 0 Å². The number of carbonyl (C=O) groups is 1. The molecule has 0 aromatic heterocycles. The minimum absolute atomic E-state index is 0.191. The minimum atomic E-state index is -0.640. The van der Waals surface area contributed by atoms with Gasteiger partial charge in [0.1, 0.15) is 0 Å². The molecule has 1 spiro atoms. The molecule has 0 N–H and O–H groups in total. The molecule has 2 nitrogen and oxygen atoms in total. The number of benzene rings is 5. The van der Waals surface area contributed by atoms with Crippen molar-refractivity contribution in [2.75, 3.05) is 4.90 Å². The molecule has 0 bridgehead atoms. The Morgan fingerprint density at radius 1 is 0.610 bits per heavy atom. The summed E-state index contributed by atoms with van der Waals surface area (Å²) < 4.78 is 2.59. The first kappa shape index (κ1) is 23.4. The molecule has 2 aliphatic heterocycles. The number of fused-ring (bicyclic) bond motifs is 11. The van der Waals surface area contributed by atoms with Gasteiger partial charge in [0.05, 0.1) is 0 Å². The Morgan fingerprint density at radius 3 is 1.93 bits per heavy atom. The van der Waals surface area contributed by atoms with Gasteiger partial charge in [-0.3, -0.25) is 0 Å². The molecule has 9 rings (SSSR count). The van der Waals surface area contributed by atoms with E-state index in [4.69, 9.17) is 0 Å². The molecule has 0 amide bonds. The van der Waals surface area contributed by atoms with Gasteiger partial charge in [0.2, 0.25) is 0 Å². The van der Waals surface area contributed by atoms with E-state index in [2.05, 4.69) is 132 Å². The number of allylic oxidation sites excluding steroid dienone is 4. The summed E-state index contributed by atoms with van der Waals surface area (Å²) in [6.07, 6.45) is 4.75. The first-order valence-electron chi connectivity index (χ1n) is 14.0. The number of hydrogen-bond acceptors (Lipinski definition) is 2. The number of hydrogen-bond donors (Lipinski definition) is 0. The molecule has 0 saturated heterocycles. The summed E-state index contributed by atoms with van der Waals surface area (Å²) in [5.74, 6) is 0.0489. The Balaban J connectivity index is 1.39. The molecule has 3 heteroatoms. The molecule has 1 atom stereocenters. The normalized spacial score (nSPS) is 18.6. The molecule has 41 heavy (non-hydrogen) atoms. The monoisotopic (exact) mass is 640 g/mol. The van der Waals surface area contributed by atoms with E-state index in [0.717, 1.165) is 11.3 Å². The summed E-state index contributed by atoms with van der Waals surface area (Å²) in [6.45, 7) is 0. The molecule has 1 unspecified atom stereocenters. The maximum absolute atomic E-state index is 14.0. The number of carbonyl (C=O) groups excluding carboxylic acids is 1. The van der Waals surface area contributed by atoms with Gasteiger partial charge in [0.25, 0.3) is 0 Å². The molecule has 4 aliphatic rings. The van der Waals surface area contributed by atoms with E-state index in [1.807, 2.05) is 12.1 Å². The van der Waals surface area contributed by atoms with Crippen molar-refractivity contribution in [2.45, 2.75) is 5.41 Å². The van der Waals surface area contributed by atoms with Crippen molar-refractivity contribution in [3.05, 3.63) is 173 Å². The van der Waals surface area contributed by atoms with Gasteiger partial charge in [0.15, 0.2) is 0 Å². The van der Waals surface area contributed by atoms with Crippen LogP contribution in [0.4, 0.5) is 17.1 Å². The summed E-state index contributed by atoms with van der Waals surface area (Å²) in [6, 6.07) is 45.5. The molecule has 2 heterocycles. The van der Waals surface area contributed by atoms with Crippen molar-refractivity contribution in [2.24, 2.45) is 5.92 Å². The first-order chi connectivity index (χ1) is 20.3. The third-order valence-corrected chi connectivity index (χ3v) is 12.4. The third kappa shape index (κ3) is 3.03. The van der Waals surface area contributed by atoms with Gasteiger partial charge in [-0.25, -0.2) is 0 Å². The molecule has 0 saturated carbocycles. The summed E-state index contributed by atoms with van der Waals surface area (Å²) in [5.41, 5.74) is 11.5. The first-order valence-corrected chi connectivity index (χ1v) is 16.4. The van der Waals surface area contributed by atoms with Gasteiger partial charge in [-0.05, 0) is 0 Å². The van der Waals surface area contributed by atoms with Crippen molar-refractivity contribution in [3.63, 3.8) is 0 Å². The van der Waals surface area contributed by atoms with Crippen LogP contribution in [0.2, 0.25) is 0 Å². The van der Waals surface area contributed by atoms with Crippen LogP contribution in [0.15, 0.2) is 145 Å². The van der Waals surface area contributed by atoms with Gasteiger partial charge in [0, 0.05) is 0 Å². The van der Waals surface area contributed by atoms with E-state index in [9.17, 15) is 4.79 Å². The molecule has 193 valence electrons. The van der Waals surface area contributed by atoms with Crippen LogP contribution in [0.3, 0.4) is 0 Å². The van der Waals surface area contributed by atoms with Crippen LogP contribution in [-0.2, 0) is 5.41 Å². The van der Waals surface area contributed by atoms with E-state index < -0.39 is 25.9 Å². The number of rotatable bonds is 1. The van der Waals surface area contributed by atoms with Gasteiger partial charge < -0.3 is 0 Å². The Labute approximate surface area is 248 Å². The van der Waals surface area contributed by atoms with Crippen LogP contribution in [0.5, 0.6) is 0 Å². The summed E-state index contributed by atoms with van der Waals surface area (Å²) in [4.78, 5) is 16.4. The maximum atomic E-state index is 14.0. The van der Waals surface area contributed by atoms with Crippen molar-refractivity contribution >= 4 is 56.0 Å². The zero-order valence-corrected chi connectivity index (χ0v) is 24.5. The standard InChI is InChI=1S/C38H24NOTe/c40-37-26-15-5-11-21-35(26)41-36-23-27-25-14-4-6-16-29(25)38(32(27)22-28(36)37)30-17-7-9-19-33(30)39(24-12-2-1-3-13-24)34-20-10-8-18-31(34)38/h1-23,28H. The van der Waals surface area contributed by atoms with Crippen molar-refractivity contribution in [3.8, 4) is 0 Å². The van der Waals surface area contributed by atoms with E-state index >= 15 is 0 Å². The zero-order chi connectivity index (χ0) is 27.1. The molecule has 2 aliphatic carbocycles. The van der Waals surface area contributed by atoms with Crippen LogP contribution in [0.25, 0.3) is 5.57 Å². The molecule has 5 aromatic rings. The van der Waals surface area contributed by atoms with Gasteiger partial charge in [-0.15, -0.1) is 0 Å². The Bertz CT molecular complexity index is 1990. The molecular formula is C38H24NOTe. The Hall–Kier alpha value is -4.29. The Kier molecular flexibility index (Phi) is 4.91. The number of ketones is 1. The average molecular weight is 638 g/mol. The van der Waals surface area contributed by atoms with Crippen molar-refractivity contribution in [1.82, 2.24) is 0 Å². The number of nitrogens with zero attached hydrogens (tertiary/aromatic N) is 1. The van der Waals surface area contributed by atoms with Crippen LogP contribution >= 0.6 is 0 Å². The Morgan fingerprint density at radius 2 is 1.20 bits per heavy atom. The quantitative estimate of drug-likeness (QED) is 0.182. The second-order valence-corrected chi connectivity index (χ2v) is 14.2. The SMILES string of the molecule is O=C1c2ccccc2[Te]=C2C=C3C(=CC12)C1(c2ccccc23)c2ccccc2N(c2ccccc2)c2ccccc21. The topological polar surface area (TPSA) is 20.3 Å².